The van der Waals surface area contributed by atoms with Crippen LogP contribution in [-0.2, 0) is 9.53 Å². The zero-order valence-electron chi connectivity index (χ0n) is 11.7. The molecule has 1 saturated heterocycles. The molecule has 0 bridgehead atoms. The summed E-state index contributed by atoms with van der Waals surface area (Å²) >= 11 is 1.69. The Balaban J connectivity index is 1.79. The van der Waals surface area contributed by atoms with E-state index >= 15 is 0 Å². The normalized spacial score (nSPS) is 22.8. The van der Waals surface area contributed by atoms with Crippen molar-refractivity contribution >= 4 is 17.7 Å². The quantitative estimate of drug-likeness (QED) is 0.841. The lowest BCUT2D eigenvalue weighted by molar-refractivity contribution is -0.145. The summed E-state index contributed by atoms with van der Waals surface area (Å²) < 4.78 is 5.44. The van der Waals surface area contributed by atoms with E-state index in [0.29, 0.717) is 19.6 Å². The predicted molar refractivity (Wildman–Crippen MR) is 79.8 cm³/mol. The van der Waals surface area contributed by atoms with E-state index in [-0.39, 0.29) is 24.7 Å². The molecule has 0 saturated carbocycles. The molecule has 1 aromatic rings. The van der Waals surface area contributed by atoms with Crippen LogP contribution in [0.5, 0.6) is 0 Å². The molecule has 0 aromatic heterocycles. The van der Waals surface area contributed by atoms with E-state index in [1.165, 1.54) is 4.90 Å². The maximum absolute atomic E-state index is 12.2. The minimum atomic E-state index is -0.239. The minimum absolute atomic E-state index is 0.0325. The lowest BCUT2D eigenvalue weighted by Gasteiger charge is -2.37. The smallest absolute Gasteiger partial charge is 0.223 e. The number of rotatable bonds is 5. The van der Waals surface area contributed by atoms with Gasteiger partial charge in [-0.3, -0.25) is 4.79 Å². The first-order valence-corrected chi connectivity index (χ1v) is 7.89. The van der Waals surface area contributed by atoms with Gasteiger partial charge in [0.2, 0.25) is 5.91 Å². The van der Waals surface area contributed by atoms with Crippen LogP contribution in [0.2, 0.25) is 0 Å². The third-order valence-electron chi connectivity index (χ3n) is 3.36. The fourth-order valence-electron chi connectivity index (χ4n) is 2.19. The standard InChI is InChI=1S/C15H21NO3S/c1-12-11-19-13(10-17)9-16(12)15(18)7-8-20-14-5-3-2-4-6-14/h2-6,12-13,17H,7-11H2,1H3. The number of carbonyl (C=O) groups excluding carboxylic acids is 1. The van der Waals surface area contributed by atoms with E-state index in [1.807, 2.05) is 42.2 Å². The Labute approximate surface area is 124 Å². The molecular weight excluding hydrogens is 274 g/mol. The van der Waals surface area contributed by atoms with Gasteiger partial charge in [-0.15, -0.1) is 11.8 Å². The van der Waals surface area contributed by atoms with Crippen molar-refractivity contribution in [2.45, 2.75) is 30.4 Å². The van der Waals surface area contributed by atoms with E-state index in [4.69, 9.17) is 9.84 Å². The summed E-state index contributed by atoms with van der Waals surface area (Å²) in [4.78, 5) is 15.2. The van der Waals surface area contributed by atoms with Gasteiger partial charge in [-0.2, -0.15) is 0 Å². The fourth-order valence-corrected chi connectivity index (χ4v) is 3.05. The van der Waals surface area contributed by atoms with Gasteiger partial charge in [-0.1, -0.05) is 18.2 Å². The van der Waals surface area contributed by atoms with Gasteiger partial charge in [0, 0.05) is 23.6 Å². The van der Waals surface area contributed by atoms with Crippen LogP contribution in [0.4, 0.5) is 0 Å². The van der Waals surface area contributed by atoms with Crippen molar-refractivity contribution in [2.24, 2.45) is 0 Å². The highest BCUT2D eigenvalue weighted by molar-refractivity contribution is 7.99. The molecular formula is C15H21NO3S. The summed E-state index contributed by atoms with van der Waals surface area (Å²) in [5, 5.41) is 9.13. The largest absolute Gasteiger partial charge is 0.394 e. The number of nitrogens with zero attached hydrogens (tertiary/aromatic N) is 1. The average Bonchev–Trinajstić information content (AvgIpc) is 2.48. The number of benzene rings is 1. The number of hydrogen-bond donors (Lipinski definition) is 1. The number of aliphatic hydroxyl groups excluding tert-OH is 1. The Hall–Kier alpha value is -1.04. The number of amides is 1. The molecule has 5 heteroatoms. The zero-order valence-corrected chi connectivity index (χ0v) is 12.5. The van der Waals surface area contributed by atoms with Crippen molar-refractivity contribution < 1.29 is 14.6 Å². The monoisotopic (exact) mass is 295 g/mol. The highest BCUT2D eigenvalue weighted by Gasteiger charge is 2.28. The summed E-state index contributed by atoms with van der Waals surface area (Å²) in [7, 11) is 0. The Kier molecular flexibility index (Phi) is 5.88. The summed E-state index contributed by atoms with van der Waals surface area (Å²) in [6, 6.07) is 10.2. The molecule has 1 aliphatic rings. The Morgan fingerprint density at radius 3 is 2.90 bits per heavy atom. The predicted octanol–water partition coefficient (Wildman–Crippen LogP) is 1.78. The van der Waals surface area contributed by atoms with Gasteiger partial charge >= 0.3 is 0 Å². The molecule has 1 amide bonds. The molecule has 20 heavy (non-hydrogen) atoms. The summed E-state index contributed by atoms with van der Waals surface area (Å²) in [5.41, 5.74) is 0. The van der Waals surface area contributed by atoms with Crippen molar-refractivity contribution in [3.05, 3.63) is 30.3 Å². The van der Waals surface area contributed by atoms with Crippen LogP contribution >= 0.6 is 11.8 Å². The molecule has 0 spiro atoms. The molecule has 2 rings (SSSR count). The molecule has 1 aliphatic heterocycles. The van der Waals surface area contributed by atoms with E-state index in [9.17, 15) is 4.79 Å². The van der Waals surface area contributed by atoms with Crippen molar-refractivity contribution in [2.75, 3.05) is 25.5 Å². The SMILES string of the molecule is CC1COC(CO)CN1C(=O)CCSc1ccccc1. The maximum atomic E-state index is 12.2. The third kappa shape index (κ3) is 4.23. The first kappa shape index (κ1) is 15.4. The van der Waals surface area contributed by atoms with Crippen molar-refractivity contribution in [1.82, 2.24) is 4.90 Å². The lowest BCUT2D eigenvalue weighted by atomic mass is 10.2. The minimum Gasteiger partial charge on any atom is -0.394 e. The van der Waals surface area contributed by atoms with Gasteiger partial charge in [-0.25, -0.2) is 0 Å². The molecule has 1 heterocycles. The molecule has 0 aliphatic carbocycles. The summed E-state index contributed by atoms with van der Waals surface area (Å²) in [6.07, 6.45) is 0.277. The van der Waals surface area contributed by atoms with E-state index in [2.05, 4.69) is 0 Å². The molecule has 2 unspecified atom stereocenters. The molecule has 1 aromatic carbocycles. The molecule has 1 N–H and O–H groups in total. The summed E-state index contributed by atoms with van der Waals surface area (Å²) in [5.74, 6) is 0.916. The third-order valence-corrected chi connectivity index (χ3v) is 4.37. The van der Waals surface area contributed by atoms with Crippen LogP contribution < -0.4 is 0 Å². The average molecular weight is 295 g/mol. The molecule has 1 fully saturated rings. The first-order chi connectivity index (χ1) is 9.70. The van der Waals surface area contributed by atoms with Crippen LogP contribution in [-0.4, -0.2) is 53.6 Å². The number of aliphatic hydroxyl groups is 1. The second kappa shape index (κ2) is 7.67. The van der Waals surface area contributed by atoms with Crippen LogP contribution in [0.15, 0.2) is 35.2 Å². The van der Waals surface area contributed by atoms with Gasteiger partial charge < -0.3 is 14.7 Å². The van der Waals surface area contributed by atoms with Crippen molar-refractivity contribution in [3.8, 4) is 0 Å². The Morgan fingerprint density at radius 1 is 1.45 bits per heavy atom. The number of morpholine rings is 1. The zero-order chi connectivity index (χ0) is 14.4. The van der Waals surface area contributed by atoms with Crippen LogP contribution in [0.3, 0.4) is 0 Å². The van der Waals surface area contributed by atoms with Gasteiger partial charge in [0.25, 0.3) is 0 Å². The first-order valence-electron chi connectivity index (χ1n) is 6.90. The van der Waals surface area contributed by atoms with E-state index < -0.39 is 0 Å². The number of carbonyl (C=O) groups is 1. The summed E-state index contributed by atoms with van der Waals surface area (Å²) in [6.45, 7) is 2.94. The molecule has 4 nitrogen and oxygen atoms in total. The van der Waals surface area contributed by atoms with Gasteiger partial charge in [0.1, 0.15) is 0 Å². The van der Waals surface area contributed by atoms with Crippen LogP contribution in [0, 0.1) is 0 Å². The van der Waals surface area contributed by atoms with E-state index in [0.717, 1.165) is 5.75 Å². The molecule has 2 atom stereocenters. The van der Waals surface area contributed by atoms with Gasteiger partial charge in [-0.05, 0) is 19.1 Å². The molecule has 110 valence electrons. The van der Waals surface area contributed by atoms with Gasteiger partial charge in [0.15, 0.2) is 0 Å². The Bertz CT molecular complexity index is 426. The topological polar surface area (TPSA) is 49.8 Å². The van der Waals surface area contributed by atoms with Crippen LogP contribution in [0.25, 0.3) is 0 Å². The molecule has 0 radical (unpaired) electrons. The second-order valence-corrected chi connectivity index (χ2v) is 6.11. The lowest BCUT2D eigenvalue weighted by Crippen LogP contribution is -2.52. The van der Waals surface area contributed by atoms with E-state index in [1.54, 1.807) is 11.8 Å². The second-order valence-electron chi connectivity index (χ2n) is 4.94. The maximum Gasteiger partial charge on any atom is 0.223 e. The van der Waals surface area contributed by atoms with Crippen LogP contribution in [0.1, 0.15) is 13.3 Å². The van der Waals surface area contributed by atoms with Crippen molar-refractivity contribution in [3.63, 3.8) is 0 Å². The number of ether oxygens (including phenoxy) is 1. The fraction of sp³-hybridized carbons (Fsp3) is 0.533. The van der Waals surface area contributed by atoms with Crippen molar-refractivity contribution in [1.29, 1.82) is 0 Å². The van der Waals surface area contributed by atoms with Gasteiger partial charge in [0.05, 0.1) is 25.4 Å². The Morgan fingerprint density at radius 2 is 2.20 bits per heavy atom. The number of thioether (sulfide) groups is 1. The highest BCUT2D eigenvalue weighted by atomic mass is 32.2. The highest BCUT2D eigenvalue weighted by Crippen LogP contribution is 2.19. The number of hydrogen-bond acceptors (Lipinski definition) is 4.